The lowest BCUT2D eigenvalue weighted by Gasteiger charge is -2.12. The lowest BCUT2D eigenvalue weighted by molar-refractivity contribution is -0.113. The van der Waals surface area contributed by atoms with E-state index in [9.17, 15) is 18.0 Å². The molecule has 0 aliphatic carbocycles. The number of carbonyl (C=O) groups is 2. The molecule has 0 atom stereocenters. The molecule has 0 bridgehead atoms. The van der Waals surface area contributed by atoms with Crippen molar-refractivity contribution in [2.75, 3.05) is 17.6 Å². The fourth-order valence-electron chi connectivity index (χ4n) is 2.42. The number of sulfone groups is 1. The van der Waals surface area contributed by atoms with E-state index >= 15 is 0 Å². The number of halogens is 2. The van der Waals surface area contributed by atoms with Gasteiger partial charge in [-0.3, -0.25) is 9.59 Å². The number of anilines is 1. The van der Waals surface area contributed by atoms with Gasteiger partial charge in [0.15, 0.2) is 9.84 Å². The molecule has 0 aliphatic heterocycles. The van der Waals surface area contributed by atoms with Gasteiger partial charge in [0, 0.05) is 16.0 Å². The van der Waals surface area contributed by atoms with Gasteiger partial charge in [0.1, 0.15) is 5.75 Å². The van der Waals surface area contributed by atoms with E-state index in [0.29, 0.717) is 17.1 Å². The number of nitrogens with one attached hydrogen (secondary N) is 2. The number of rotatable bonds is 8. The number of hydrogen-bond donors (Lipinski definition) is 2. The number of amides is 2. The van der Waals surface area contributed by atoms with Crippen molar-refractivity contribution < 1.29 is 18.0 Å². The second kappa shape index (κ2) is 10.0. The smallest absolute Gasteiger partial charge is 0.253 e. The average molecular weight is 488 g/mol. The molecule has 0 radical (unpaired) electrons. The number of hydrogen-bond acceptors (Lipinski definition) is 4. The first-order valence-electron chi connectivity index (χ1n) is 8.52. The molecule has 9 heteroatoms. The van der Waals surface area contributed by atoms with E-state index in [4.69, 9.17) is 11.6 Å². The summed E-state index contributed by atoms with van der Waals surface area (Å²) < 4.78 is 25.5. The summed E-state index contributed by atoms with van der Waals surface area (Å²) in [5, 5.41) is 5.52. The van der Waals surface area contributed by atoms with E-state index in [1.54, 1.807) is 24.3 Å². The minimum atomic E-state index is -3.69. The Hall–Kier alpha value is -1.90. The standard InChI is InChI=1S/C19H20BrClN2O4S/c1-2-9-22-19(25)16-8-7-15(21)10-17(16)23-18(24)12-28(26,27)11-13-3-5-14(20)6-4-13/h3-8,10H,2,9,11-12H2,1H3,(H,22,25)(H,23,24). The Balaban J connectivity index is 2.10. The topological polar surface area (TPSA) is 92.3 Å². The maximum atomic E-state index is 12.3. The number of benzene rings is 2. The summed E-state index contributed by atoms with van der Waals surface area (Å²) in [6.45, 7) is 2.40. The van der Waals surface area contributed by atoms with E-state index in [-0.39, 0.29) is 22.9 Å². The molecule has 0 unspecified atom stereocenters. The summed E-state index contributed by atoms with van der Waals surface area (Å²) in [5.74, 6) is -2.06. The third-order valence-electron chi connectivity index (χ3n) is 3.69. The largest absolute Gasteiger partial charge is 0.352 e. The highest BCUT2D eigenvalue weighted by molar-refractivity contribution is 9.10. The van der Waals surface area contributed by atoms with E-state index < -0.39 is 21.5 Å². The van der Waals surface area contributed by atoms with Gasteiger partial charge in [-0.15, -0.1) is 0 Å². The van der Waals surface area contributed by atoms with Crippen molar-refractivity contribution in [3.05, 3.63) is 63.1 Å². The molecule has 150 valence electrons. The van der Waals surface area contributed by atoms with Crippen LogP contribution in [0.4, 0.5) is 5.69 Å². The van der Waals surface area contributed by atoms with Gasteiger partial charge in [0.2, 0.25) is 5.91 Å². The van der Waals surface area contributed by atoms with Crippen LogP contribution in [-0.4, -0.2) is 32.5 Å². The Labute approximate surface area is 177 Å². The molecule has 0 saturated carbocycles. The summed E-state index contributed by atoms with van der Waals surface area (Å²) in [6.07, 6.45) is 0.759. The second-order valence-electron chi connectivity index (χ2n) is 6.15. The highest BCUT2D eigenvalue weighted by Crippen LogP contribution is 2.21. The Bertz CT molecular complexity index is 962. The van der Waals surface area contributed by atoms with Crippen LogP contribution in [0.3, 0.4) is 0 Å². The van der Waals surface area contributed by atoms with Crippen molar-refractivity contribution in [1.82, 2.24) is 5.32 Å². The van der Waals surface area contributed by atoms with Crippen LogP contribution in [0.2, 0.25) is 5.02 Å². The van der Waals surface area contributed by atoms with Crippen LogP contribution in [-0.2, 0) is 20.4 Å². The number of carbonyl (C=O) groups excluding carboxylic acids is 2. The van der Waals surface area contributed by atoms with Gasteiger partial charge in [-0.05, 0) is 42.3 Å². The molecule has 0 aromatic heterocycles. The zero-order chi connectivity index (χ0) is 20.7. The maximum absolute atomic E-state index is 12.3. The Morgan fingerprint density at radius 1 is 1.11 bits per heavy atom. The summed E-state index contributed by atoms with van der Waals surface area (Å²) in [5.41, 5.74) is 0.972. The van der Waals surface area contributed by atoms with Gasteiger partial charge in [0.05, 0.1) is 17.0 Å². The van der Waals surface area contributed by atoms with Crippen LogP contribution in [0.5, 0.6) is 0 Å². The third-order valence-corrected chi connectivity index (χ3v) is 5.93. The lowest BCUT2D eigenvalue weighted by atomic mass is 10.1. The predicted molar refractivity (Wildman–Crippen MR) is 114 cm³/mol. The molecule has 2 aromatic carbocycles. The minimum Gasteiger partial charge on any atom is -0.352 e. The molecule has 2 amide bonds. The van der Waals surface area contributed by atoms with Gasteiger partial charge in [0.25, 0.3) is 5.91 Å². The van der Waals surface area contributed by atoms with Crippen molar-refractivity contribution in [2.45, 2.75) is 19.1 Å². The molecule has 0 heterocycles. The molecule has 2 rings (SSSR count). The van der Waals surface area contributed by atoms with Crippen LogP contribution in [0.1, 0.15) is 29.3 Å². The first-order valence-corrected chi connectivity index (χ1v) is 11.5. The summed E-state index contributed by atoms with van der Waals surface area (Å²) in [6, 6.07) is 11.2. The van der Waals surface area contributed by atoms with Crippen molar-refractivity contribution in [3.8, 4) is 0 Å². The van der Waals surface area contributed by atoms with Gasteiger partial charge in [-0.25, -0.2) is 8.42 Å². The summed E-state index contributed by atoms with van der Waals surface area (Å²) in [7, 11) is -3.69. The normalized spacial score (nSPS) is 11.1. The van der Waals surface area contributed by atoms with Crippen molar-refractivity contribution in [3.63, 3.8) is 0 Å². The Kier molecular flexibility index (Phi) is 8.03. The van der Waals surface area contributed by atoms with E-state index in [1.165, 1.54) is 18.2 Å². The van der Waals surface area contributed by atoms with Crippen molar-refractivity contribution in [1.29, 1.82) is 0 Å². The first kappa shape index (κ1) is 22.4. The molecule has 6 nitrogen and oxygen atoms in total. The van der Waals surface area contributed by atoms with E-state index in [0.717, 1.165) is 10.9 Å². The predicted octanol–water partition coefficient (Wildman–Crippen LogP) is 3.80. The van der Waals surface area contributed by atoms with Crippen LogP contribution in [0.25, 0.3) is 0 Å². The summed E-state index contributed by atoms with van der Waals surface area (Å²) >= 11 is 9.24. The van der Waals surface area contributed by atoms with Crippen molar-refractivity contribution >= 4 is 54.9 Å². The SMILES string of the molecule is CCCNC(=O)c1ccc(Cl)cc1NC(=O)CS(=O)(=O)Cc1ccc(Br)cc1. The third kappa shape index (κ3) is 6.92. The molecule has 2 N–H and O–H groups in total. The quantitative estimate of drug-likeness (QED) is 0.592. The summed E-state index contributed by atoms with van der Waals surface area (Å²) in [4.78, 5) is 24.5. The highest BCUT2D eigenvalue weighted by Gasteiger charge is 2.20. The molecular formula is C19H20BrClN2O4S. The Morgan fingerprint density at radius 3 is 2.43 bits per heavy atom. The molecule has 0 spiro atoms. The fourth-order valence-corrected chi connectivity index (χ4v) is 4.13. The van der Waals surface area contributed by atoms with Crippen LogP contribution in [0, 0.1) is 0 Å². The van der Waals surface area contributed by atoms with Crippen LogP contribution < -0.4 is 10.6 Å². The van der Waals surface area contributed by atoms with Crippen LogP contribution >= 0.6 is 27.5 Å². The molecular weight excluding hydrogens is 468 g/mol. The molecule has 0 aliphatic rings. The fraction of sp³-hybridized carbons (Fsp3) is 0.263. The molecule has 2 aromatic rings. The molecule has 0 fully saturated rings. The average Bonchev–Trinajstić information content (AvgIpc) is 2.61. The first-order chi connectivity index (χ1) is 13.2. The highest BCUT2D eigenvalue weighted by atomic mass is 79.9. The zero-order valence-electron chi connectivity index (χ0n) is 15.2. The van der Waals surface area contributed by atoms with E-state index in [1.807, 2.05) is 6.92 Å². The monoisotopic (exact) mass is 486 g/mol. The second-order valence-corrected chi connectivity index (χ2v) is 9.57. The van der Waals surface area contributed by atoms with Gasteiger partial charge in [-0.2, -0.15) is 0 Å². The van der Waals surface area contributed by atoms with Gasteiger partial charge >= 0.3 is 0 Å². The van der Waals surface area contributed by atoms with Crippen LogP contribution in [0.15, 0.2) is 46.9 Å². The van der Waals surface area contributed by atoms with Gasteiger partial charge in [-0.1, -0.05) is 46.6 Å². The van der Waals surface area contributed by atoms with E-state index in [2.05, 4.69) is 26.6 Å². The molecule has 0 saturated heterocycles. The minimum absolute atomic E-state index is 0.171. The molecule has 28 heavy (non-hydrogen) atoms. The van der Waals surface area contributed by atoms with Gasteiger partial charge < -0.3 is 10.6 Å². The lowest BCUT2D eigenvalue weighted by Crippen LogP contribution is -2.28. The Morgan fingerprint density at radius 2 is 1.79 bits per heavy atom. The van der Waals surface area contributed by atoms with Crippen molar-refractivity contribution in [2.24, 2.45) is 0 Å². The zero-order valence-corrected chi connectivity index (χ0v) is 18.3. The maximum Gasteiger partial charge on any atom is 0.253 e.